The highest BCUT2D eigenvalue weighted by Crippen LogP contribution is 2.25. The van der Waals surface area contributed by atoms with Gasteiger partial charge < -0.3 is 19.6 Å². The van der Waals surface area contributed by atoms with Gasteiger partial charge in [-0.3, -0.25) is 0 Å². The zero-order chi connectivity index (χ0) is 20.1. The quantitative estimate of drug-likeness (QED) is 0.109. The number of hydrogen-bond donors (Lipinski definition) is 3. The maximum absolute atomic E-state index is 8.88. The van der Waals surface area contributed by atoms with Gasteiger partial charge in [0.2, 0.25) is 0 Å². The summed E-state index contributed by atoms with van der Waals surface area (Å²) < 4.78 is 8.88. The Hall–Kier alpha value is -0.550. The van der Waals surface area contributed by atoms with Crippen LogP contribution in [0.4, 0.5) is 0 Å². The molecule has 0 unspecified atom stereocenters. The summed E-state index contributed by atoms with van der Waals surface area (Å²) in [7, 11) is -3.27. The van der Waals surface area contributed by atoms with Crippen LogP contribution in [0.5, 0.6) is 0 Å². The van der Waals surface area contributed by atoms with Gasteiger partial charge in [0, 0.05) is 6.42 Å². The summed E-state index contributed by atoms with van der Waals surface area (Å²) in [6.07, 6.45) is 9.67. The summed E-state index contributed by atoms with van der Waals surface area (Å²) in [6, 6.07) is 0. The van der Waals surface area contributed by atoms with Gasteiger partial charge in [-0.2, -0.15) is 4.89 Å². The van der Waals surface area contributed by atoms with Crippen LogP contribution in [0.3, 0.4) is 0 Å². The van der Waals surface area contributed by atoms with Crippen molar-refractivity contribution in [3.8, 4) is 0 Å². The van der Waals surface area contributed by atoms with Crippen LogP contribution in [0.25, 0.3) is 0 Å². The van der Waals surface area contributed by atoms with E-state index in [9.17, 15) is 0 Å². The lowest BCUT2D eigenvalue weighted by Gasteiger charge is -2.05. The van der Waals surface area contributed by atoms with Gasteiger partial charge in [0.1, 0.15) is 5.76 Å². The van der Waals surface area contributed by atoms with E-state index in [1.165, 1.54) is 39.2 Å². The molecule has 0 radical (unpaired) electrons. The zero-order valence-corrected chi connectivity index (χ0v) is 16.5. The van der Waals surface area contributed by atoms with Crippen LogP contribution in [0, 0.1) is 0 Å². The van der Waals surface area contributed by atoms with Gasteiger partial charge in [-0.1, -0.05) is 50.6 Å². The van der Waals surface area contributed by atoms with Gasteiger partial charge >= 0.3 is 7.82 Å². The Bertz CT molecular complexity index is 339. The Labute approximate surface area is 154 Å². The molecule has 0 aliphatic heterocycles. The monoisotopic (exact) mass is 404 g/mol. The lowest BCUT2D eigenvalue weighted by atomic mass is 10.1. The minimum atomic E-state index is -4.64. The Kier molecular flexibility index (Phi) is 22.1. The van der Waals surface area contributed by atoms with Gasteiger partial charge in [0.25, 0.3) is 0 Å². The number of allylic oxidation sites excluding steroid dienone is 1. The fourth-order valence-electron chi connectivity index (χ4n) is 1.65. The molecule has 0 aliphatic carbocycles. The molecular formula is C15H33O10P. The average Bonchev–Trinajstić information content (AvgIpc) is 2.55. The van der Waals surface area contributed by atoms with E-state index in [1.54, 1.807) is 0 Å². The third-order valence-electron chi connectivity index (χ3n) is 2.83. The second-order valence-corrected chi connectivity index (χ2v) is 6.33. The smallest absolute Gasteiger partial charge is 0.314 e. The molecule has 10 nitrogen and oxygen atoms in total. The topological polar surface area (TPSA) is 133 Å². The summed E-state index contributed by atoms with van der Waals surface area (Å²) in [6.45, 7) is 6.92. The Morgan fingerprint density at radius 1 is 0.885 bits per heavy atom. The van der Waals surface area contributed by atoms with Crippen LogP contribution < -0.4 is 0 Å². The predicted molar refractivity (Wildman–Crippen MR) is 92.8 cm³/mol. The van der Waals surface area contributed by atoms with E-state index >= 15 is 0 Å². The molecule has 0 spiro atoms. The summed E-state index contributed by atoms with van der Waals surface area (Å²) in [5.41, 5.74) is 0. The molecule has 0 aliphatic rings. The van der Waals surface area contributed by atoms with E-state index in [0.29, 0.717) is 25.4 Å². The van der Waals surface area contributed by atoms with Crippen molar-refractivity contribution in [2.24, 2.45) is 0 Å². The van der Waals surface area contributed by atoms with E-state index in [1.807, 2.05) is 0 Å². The van der Waals surface area contributed by atoms with Gasteiger partial charge in [0.15, 0.2) is 0 Å². The minimum Gasteiger partial charge on any atom is -0.314 e. The predicted octanol–water partition coefficient (Wildman–Crippen LogP) is 3.49. The molecule has 0 atom stereocenters. The van der Waals surface area contributed by atoms with Crippen LogP contribution in [0.1, 0.15) is 64.7 Å². The number of rotatable bonds is 17. The summed E-state index contributed by atoms with van der Waals surface area (Å²) in [5.74, 6) is 0.511. The maximum Gasteiger partial charge on any atom is 0.466 e. The molecule has 0 heterocycles. The Morgan fingerprint density at radius 3 is 1.92 bits per heavy atom. The molecule has 3 N–H and O–H groups in total. The third kappa shape index (κ3) is 34.7. The fourth-order valence-corrected chi connectivity index (χ4v) is 1.65. The second kappa shape index (κ2) is 20.8. The first kappa shape index (κ1) is 27.7. The van der Waals surface area contributed by atoms with E-state index in [4.69, 9.17) is 29.0 Å². The SMILES string of the molecule is C=C(CCCCOOOCCCCCCCC)OOOC.O=P(O)(O)O. The molecule has 0 aromatic carbocycles. The average molecular weight is 404 g/mol. The van der Waals surface area contributed by atoms with E-state index in [0.717, 1.165) is 19.3 Å². The highest BCUT2D eigenvalue weighted by Gasteiger charge is 2.00. The van der Waals surface area contributed by atoms with E-state index in [2.05, 4.69) is 33.4 Å². The Morgan fingerprint density at radius 2 is 1.38 bits per heavy atom. The van der Waals surface area contributed by atoms with Crippen LogP contribution >= 0.6 is 7.82 Å². The van der Waals surface area contributed by atoms with Gasteiger partial charge in [-0.15, -0.1) is 0 Å². The molecule has 0 saturated heterocycles. The first-order chi connectivity index (χ1) is 12.3. The second-order valence-electron chi connectivity index (χ2n) is 5.31. The van der Waals surface area contributed by atoms with Gasteiger partial charge in [0.05, 0.1) is 20.3 Å². The largest absolute Gasteiger partial charge is 0.466 e. The standard InChI is InChI=1S/C15H30O6.H3O4P/c1-4-5-6-7-8-10-13-17-21-18-14-11-9-12-15(2)19-20-16-3;1-5(2,3)4/h2,4-14H2,1,3H3;(H3,1,2,3,4). The molecular weight excluding hydrogens is 371 g/mol. The van der Waals surface area contributed by atoms with Crippen molar-refractivity contribution in [3.63, 3.8) is 0 Å². The molecule has 0 amide bonds. The van der Waals surface area contributed by atoms with Crippen molar-refractivity contribution in [2.45, 2.75) is 64.7 Å². The first-order valence-electron chi connectivity index (χ1n) is 8.55. The number of hydrogen-bond acceptors (Lipinski definition) is 7. The number of phosphoric acid groups is 1. The van der Waals surface area contributed by atoms with Gasteiger partial charge in [-0.25, -0.2) is 14.3 Å². The fraction of sp³-hybridized carbons (Fsp3) is 0.867. The van der Waals surface area contributed by atoms with Gasteiger partial charge in [-0.05, 0) is 24.3 Å². The lowest BCUT2D eigenvalue weighted by molar-refractivity contribution is -0.512. The molecule has 0 saturated carbocycles. The molecule has 11 heteroatoms. The number of unbranched alkanes of at least 4 members (excludes halogenated alkanes) is 6. The molecule has 0 fully saturated rings. The Balaban J connectivity index is 0. The zero-order valence-electron chi connectivity index (χ0n) is 15.6. The van der Waals surface area contributed by atoms with Crippen LogP contribution in [0.2, 0.25) is 0 Å². The van der Waals surface area contributed by atoms with Crippen LogP contribution in [-0.2, 0) is 34.2 Å². The summed E-state index contributed by atoms with van der Waals surface area (Å²) >= 11 is 0. The lowest BCUT2D eigenvalue weighted by Crippen LogP contribution is -2.01. The van der Waals surface area contributed by atoms with Crippen molar-refractivity contribution in [3.05, 3.63) is 12.3 Å². The highest BCUT2D eigenvalue weighted by atomic mass is 31.2. The van der Waals surface area contributed by atoms with E-state index in [-0.39, 0.29) is 0 Å². The van der Waals surface area contributed by atoms with Crippen molar-refractivity contribution in [1.82, 2.24) is 0 Å². The molecule has 158 valence electrons. The van der Waals surface area contributed by atoms with Crippen molar-refractivity contribution in [1.29, 1.82) is 0 Å². The van der Waals surface area contributed by atoms with Crippen molar-refractivity contribution in [2.75, 3.05) is 20.3 Å². The third-order valence-corrected chi connectivity index (χ3v) is 2.83. The molecule has 26 heavy (non-hydrogen) atoms. The normalized spacial score (nSPS) is 11.0. The molecule has 0 bridgehead atoms. The van der Waals surface area contributed by atoms with Crippen molar-refractivity contribution >= 4 is 7.82 Å². The molecule has 0 rings (SSSR count). The van der Waals surface area contributed by atoms with Crippen molar-refractivity contribution < 1.29 is 48.9 Å². The molecule has 0 aromatic heterocycles. The van der Waals surface area contributed by atoms with E-state index < -0.39 is 7.82 Å². The molecule has 0 aromatic rings. The highest BCUT2D eigenvalue weighted by molar-refractivity contribution is 7.45. The van der Waals surface area contributed by atoms with Crippen LogP contribution in [0.15, 0.2) is 12.3 Å². The maximum atomic E-state index is 8.88. The minimum absolute atomic E-state index is 0.467. The summed E-state index contributed by atoms with van der Waals surface area (Å²) in [5, 5.41) is 8.92. The first-order valence-corrected chi connectivity index (χ1v) is 10.1. The van der Waals surface area contributed by atoms with Crippen LogP contribution in [-0.4, -0.2) is 35.0 Å². The summed E-state index contributed by atoms with van der Waals surface area (Å²) in [4.78, 5) is 40.3.